The van der Waals surface area contributed by atoms with Crippen molar-refractivity contribution in [3.63, 3.8) is 0 Å². The highest BCUT2D eigenvalue weighted by atomic mass is 16.5. The van der Waals surface area contributed by atoms with Crippen molar-refractivity contribution < 1.29 is 14.3 Å². The number of benzene rings is 1. The van der Waals surface area contributed by atoms with Gasteiger partial charge in [0.05, 0.1) is 6.61 Å². The van der Waals surface area contributed by atoms with E-state index in [0.29, 0.717) is 32.5 Å². The van der Waals surface area contributed by atoms with Crippen LogP contribution in [0.15, 0.2) is 24.3 Å². The predicted octanol–water partition coefficient (Wildman–Crippen LogP) is 2.93. The maximum atomic E-state index is 11.9. The normalized spacial score (nSPS) is 14.9. The Hall–Kier alpha value is -2.04. The predicted molar refractivity (Wildman–Crippen MR) is 98.6 cm³/mol. The Morgan fingerprint density at radius 3 is 2.76 bits per heavy atom. The van der Waals surface area contributed by atoms with E-state index < -0.39 is 0 Å². The third kappa shape index (κ3) is 7.16. The van der Waals surface area contributed by atoms with Gasteiger partial charge in [-0.15, -0.1) is 0 Å². The van der Waals surface area contributed by atoms with Gasteiger partial charge in [0, 0.05) is 32.5 Å². The van der Waals surface area contributed by atoms with Crippen molar-refractivity contribution in [2.75, 3.05) is 26.2 Å². The molecule has 1 aliphatic rings. The summed E-state index contributed by atoms with van der Waals surface area (Å²) < 4.78 is 5.43. The molecule has 5 nitrogen and oxygen atoms in total. The fourth-order valence-electron chi connectivity index (χ4n) is 3.04. The standard InChI is InChI=1S/C20H30N2O3/c1-2-25-18-11-9-17(10-12-18)7-6-14-21-19(23)13-16-22-15-5-3-4-8-20(22)24/h9-12H,2-8,13-16H2,1H3,(H,21,23). The van der Waals surface area contributed by atoms with E-state index in [1.807, 2.05) is 24.0 Å². The SMILES string of the molecule is CCOc1ccc(CCCNC(=O)CCN2CCCCCC2=O)cc1. The van der Waals surface area contributed by atoms with Crippen LogP contribution in [0.2, 0.25) is 0 Å². The molecular weight excluding hydrogens is 316 g/mol. The fourth-order valence-corrected chi connectivity index (χ4v) is 3.04. The average molecular weight is 346 g/mol. The number of hydrogen-bond acceptors (Lipinski definition) is 3. The third-order valence-electron chi connectivity index (χ3n) is 4.48. The minimum Gasteiger partial charge on any atom is -0.494 e. The van der Waals surface area contributed by atoms with Crippen LogP contribution in [0.3, 0.4) is 0 Å². The number of amides is 2. The molecule has 1 aliphatic heterocycles. The van der Waals surface area contributed by atoms with E-state index in [2.05, 4.69) is 17.4 Å². The highest BCUT2D eigenvalue weighted by Crippen LogP contribution is 2.13. The number of nitrogens with zero attached hydrogens (tertiary/aromatic N) is 1. The maximum absolute atomic E-state index is 11.9. The number of carbonyl (C=O) groups is 2. The Bertz CT molecular complexity index is 542. The molecule has 0 saturated carbocycles. The zero-order chi connectivity index (χ0) is 17.9. The van der Waals surface area contributed by atoms with Crippen LogP contribution in [0, 0.1) is 0 Å². The summed E-state index contributed by atoms with van der Waals surface area (Å²) in [6.07, 6.45) is 6.00. The second kappa shape index (κ2) is 10.7. The smallest absolute Gasteiger partial charge is 0.222 e. The van der Waals surface area contributed by atoms with Crippen LogP contribution in [0.1, 0.15) is 51.0 Å². The number of aryl methyl sites for hydroxylation is 1. The Kier molecular flexibility index (Phi) is 8.29. The lowest BCUT2D eigenvalue weighted by molar-refractivity contribution is -0.131. The van der Waals surface area contributed by atoms with E-state index in [1.165, 1.54) is 5.56 Å². The maximum Gasteiger partial charge on any atom is 0.222 e. The number of nitrogens with one attached hydrogen (secondary N) is 1. The van der Waals surface area contributed by atoms with Crippen molar-refractivity contribution in [1.29, 1.82) is 0 Å². The lowest BCUT2D eigenvalue weighted by Gasteiger charge is -2.20. The quantitative estimate of drug-likeness (QED) is 0.700. The Morgan fingerprint density at radius 1 is 1.20 bits per heavy atom. The van der Waals surface area contributed by atoms with Gasteiger partial charge < -0.3 is 15.0 Å². The zero-order valence-electron chi connectivity index (χ0n) is 15.3. The minimum atomic E-state index is 0.0312. The molecule has 1 N–H and O–H groups in total. The summed E-state index contributed by atoms with van der Waals surface area (Å²) in [7, 11) is 0. The van der Waals surface area contributed by atoms with Gasteiger partial charge in [-0.3, -0.25) is 9.59 Å². The van der Waals surface area contributed by atoms with Crippen LogP contribution in [0.25, 0.3) is 0 Å². The molecule has 1 fully saturated rings. The van der Waals surface area contributed by atoms with Crippen molar-refractivity contribution in [2.45, 2.75) is 51.9 Å². The van der Waals surface area contributed by atoms with Crippen molar-refractivity contribution in [1.82, 2.24) is 10.2 Å². The van der Waals surface area contributed by atoms with E-state index in [0.717, 1.165) is 44.4 Å². The monoisotopic (exact) mass is 346 g/mol. The highest BCUT2D eigenvalue weighted by molar-refractivity contribution is 5.79. The molecule has 2 rings (SSSR count). The van der Waals surface area contributed by atoms with Gasteiger partial charge in [0.25, 0.3) is 0 Å². The van der Waals surface area contributed by atoms with Gasteiger partial charge in [0.2, 0.25) is 11.8 Å². The van der Waals surface area contributed by atoms with Gasteiger partial charge in [-0.2, -0.15) is 0 Å². The number of ether oxygens (including phenoxy) is 1. The largest absolute Gasteiger partial charge is 0.494 e. The van der Waals surface area contributed by atoms with Crippen LogP contribution >= 0.6 is 0 Å². The van der Waals surface area contributed by atoms with Crippen LogP contribution in [0.4, 0.5) is 0 Å². The van der Waals surface area contributed by atoms with Crippen molar-refractivity contribution >= 4 is 11.8 Å². The van der Waals surface area contributed by atoms with Gasteiger partial charge in [-0.1, -0.05) is 18.6 Å². The summed E-state index contributed by atoms with van der Waals surface area (Å²) in [5, 5.41) is 2.95. The van der Waals surface area contributed by atoms with E-state index in [1.54, 1.807) is 0 Å². The molecule has 1 aromatic carbocycles. The van der Waals surface area contributed by atoms with Crippen LogP contribution in [-0.2, 0) is 16.0 Å². The van der Waals surface area contributed by atoms with E-state index >= 15 is 0 Å². The number of hydrogen-bond donors (Lipinski definition) is 1. The van der Waals surface area contributed by atoms with Gasteiger partial charge in [0.1, 0.15) is 5.75 Å². The Balaban J connectivity index is 1.59. The summed E-state index contributed by atoms with van der Waals surface area (Å²) in [6, 6.07) is 8.10. The van der Waals surface area contributed by atoms with Crippen LogP contribution in [-0.4, -0.2) is 43.0 Å². The van der Waals surface area contributed by atoms with Crippen molar-refractivity contribution in [3.05, 3.63) is 29.8 Å². The summed E-state index contributed by atoms with van der Waals surface area (Å²) in [4.78, 5) is 25.7. The van der Waals surface area contributed by atoms with Gasteiger partial charge in [-0.25, -0.2) is 0 Å². The molecule has 138 valence electrons. The van der Waals surface area contributed by atoms with E-state index in [-0.39, 0.29) is 11.8 Å². The van der Waals surface area contributed by atoms with Crippen molar-refractivity contribution in [2.24, 2.45) is 0 Å². The molecule has 0 radical (unpaired) electrons. The van der Waals surface area contributed by atoms with E-state index in [4.69, 9.17) is 4.74 Å². The molecule has 2 amide bonds. The molecule has 1 heterocycles. The molecule has 1 saturated heterocycles. The lowest BCUT2D eigenvalue weighted by Crippen LogP contribution is -2.35. The minimum absolute atomic E-state index is 0.0312. The first-order valence-electron chi connectivity index (χ1n) is 9.45. The molecule has 0 spiro atoms. The molecule has 0 aromatic heterocycles. The summed E-state index contributed by atoms with van der Waals surface area (Å²) >= 11 is 0. The summed E-state index contributed by atoms with van der Waals surface area (Å²) in [5.74, 6) is 1.12. The van der Waals surface area contributed by atoms with Gasteiger partial charge >= 0.3 is 0 Å². The first-order valence-corrected chi connectivity index (χ1v) is 9.45. The number of likely N-dealkylation sites (tertiary alicyclic amines) is 1. The second-order valence-corrected chi connectivity index (χ2v) is 6.47. The molecule has 25 heavy (non-hydrogen) atoms. The number of rotatable bonds is 9. The Labute approximate surface area is 150 Å². The van der Waals surface area contributed by atoms with Crippen LogP contribution in [0.5, 0.6) is 5.75 Å². The molecule has 0 aliphatic carbocycles. The third-order valence-corrected chi connectivity index (χ3v) is 4.48. The highest BCUT2D eigenvalue weighted by Gasteiger charge is 2.17. The molecule has 0 unspecified atom stereocenters. The van der Waals surface area contributed by atoms with Gasteiger partial charge in [0.15, 0.2) is 0 Å². The molecule has 1 aromatic rings. The fraction of sp³-hybridized carbons (Fsp3) is 0.600. The summed E-state index contributed by atoms with van der Waals surface area (Å²) in [5.41, 5.74) is 1.24. The molecule has 0 atom stereocenters. The Morgan fingerprint density at radius 2 is 2.00 bits per heavy atom. The molecular formula is C20H30N2O3. The lowest BCUT2D eigenvalue weighted by atomic mass is 10.1. The summed E-state index contributed by atoms with van der Waals surface area (Å²) in [6.45, 7) is 4.65. The topological polar surface area (TPSA) is 58.6 Å². The first-order chi connectivity index (χ1) is 12.2. The first kappa shape index (κ1) is 19.3. The molecule has 5 heteroatoms. The second-order valence-electron chi connectivity index (χ2n) is 6.47. The zero-order valence-corrected chi connectivity index (χ0v) is 15.3. The van der Waals surface area contributed by atoms with Gasteiger partial charge in [-0.05, 0) is 50.3 Å². The molecule has 0 bridgehead atoms. The number of carbonyl (C=O) groups excluding carboxylic acids is 2. The average Bonchev–Trinajstić information content (AvgIpc) is 2.83. The van der Waals surface area contributed by atoms with E-state index in [9.17, 15) is 9.59 Å². The van der Waals surface area contributed by atoms with Crippen molar-refractivity contribution in [3.8, 4) is 5.75 Å². The van der Waals surface area contributed by atoms with Crippen LogP contribution < -0.4 is 10.1 Å².